The molecule has 0 aliphatic carbocycles. The standard InChI is InChI=1S/C16H17N3O3/c20-16(21-11-13-4-2-1-3-5-13)19-9-7-14(10-19)22-15-6-8-17-12-18-15/h1-6,8,12,14H,7,9-11H2/t14-/m1/s1. The monoisotopic (exact) mass is 299 g/mol. The molecule has 1 aromatic heterocycles. The minimum absolute atomic E-state index is 0.0563. The van der Waals surface area contributed by atoms with Crippen LogP contribution in [0.1, 0.15) is 12.0 Å². The van der Waals surface area contributed by atoms with Gasteiger partial charge in [0.1, 0.15) is 19.0 Å². The minimum Gasteiger partial charge on any atom is -0.472 e. The van der Waals surface area contributed by atoms with Crippen molar-refractivity contribution < 1.29 is 14.3 Å². The van der Waals surface area contributed by atoms with E-state index in [0.717, 1.165) is 12.0 Å². The van der Waals surface area contributed by atoms with E-state index in [4.69, 9.17) is 9.47 Å². The van der Waals surface area contributed by atoms with Crippen LogP contribution in [-0.2, 0) is 11.3 Å². The number of rotatable bonds is 4. The molecular weight excluding hydrogens is 282 g/mol. The fraction of sp³-hybridized carbons (Fsp3) is 0.312. The third-order valence-corrected chi connectivity index (χ3v) is 3.45. The number of hydrogen-bond acceptors (Lipinski definition) is 5. The second-order valence-electron chi connectivity index (χ2n) is 5.06. The van der Waals surface area contributed by atoms with Crippen LogP contribution in [0.5, 0.6) is 5.88 Å². The van der Waals surface area contributed by atoms with Crippen LogP contribution in [0.15, 0.2) is 48.9 Å². The summed E-state index contributed by atoms with van der Waals surface area (Å²) in [6, 6.07) is 11.3. The maximum absolute atomic E-state index is 12.0. The number of carbonyl (C=O) groups excluding carboxylic acids is 1. The topological polar surface area (TPSA) is 64.5 Å². The van der Waals surface area contributed by atoms with Gasteiger partial charge in [0, 0.05) is 25.2 Å². The molecule has 1 aliphatic rings. The van der Waals surface area contributed by atoms with Gasteiger partial charge in [0.2, 0.25) is 5.88 Å². The van der Waals surface area contributed by atoms with Crippen molar-refractivity contribution in [3.63, 3.8) is 0 Å². The summed E-state index contributed by atoms with van der Waals surface area (Å²) in [4.78, 5) is 21.6. The van der Waals surface area contributed by atoms with Gasteiger partial charge in [-0.15, -0.1) is 0 Å². The molecule has 6 nitrogen and oxygen atoms in total. The first-order valence-electron chi connectivity index (χ1n) is 7.19. The first kappa shape index (κ1) is 14.3. The molecule has 0 bridgehead atoms. The molecule has 114 valence electrons. The smallest absolute Gasteiger partial charge is 0.410 e. The van der Waals surface area contributed by atoms with Crippen LogP contribution < -0.4 is 4.74 Å². The summed E-state index contributed by atoms with van der Waals surface area (Å²) in [6.45, 7) is 1.43. The first-order chi connectivity index (χ1) is 10.8. The van der Waals surface area contributed by atoms with Crippen LogP contribution in [0.2, 0.25) is 0 Å². The Hall–Kier alpha value is -2.63. The molecule has 0 spiro atoms. The van der Waals surface area contributed by atoms with Crippen molar-refractivity contribution in [2.24, 2.45) is 0 Å². The van der Waals surface area contributed by atoms with Gasteiger partial charge in [-0.2, -0.15) is 0 Å². The lowest BCUT2D eigenvalue weighted by Crippen LogP contribution is -2.31. The van der Waals surface area contributed by atoms with E-state index in [9.17, 15) is 4.79 Å². The second-order valence-corrected chi connectivity index (χ2v) is 5.06. The molecule has 0 radical (unpaired) electrons. The molecule has 1 aliphatic heterocycles. The van der Waals surface area contributed by atoms with E-state index in [1.54, 1.807) is 17.2 Å². The Morgan fingerprint density at radius 3 is 2.91 bits per heavy atom. The molecule has 0 unspecified atom stereocenters. The van der Waals surface area contributed by atoms with Gasteiger partial charge in [0.05, 0.1) is 6.54 Å². The minimum atomic E-state index is -0.308. The highest BCUT2D eigenvalue weighted by molar-refractivity contribution is 5.68. The number of hydrogen-bond donors (Lipinski definition) is 0. The normalized spacial score (nSPS) is 17.3. The van der Waals surface area contributed by atoms with Gasteiger partial charge in [-0.3, -0.25) is 0 Å². The summed E-state index contributed by atoms with van der Waals surface area (Å²) < 4.78 is 11.0. The zero-order valence-corrected chi connectivity index (χ0v) is 12.1. The highest BCUT2D eigenvalue weighted by atomic mass is 16.6. The molecule has 22 heavy (non-hydrogen) atoms. The van der Waals surface area contributed by atoms with Crippen LogP contribution in [0, 0.1) is 0 Å². The van der Waals surface area contributed by atoms with E-state index in [0.29, 0.717) is 19.0 Å². The molecule has 6 heteroatoms. The average Bonchev–Trinajstić information content (AvgIpc) is 3.03. The van der Waals surface area contributed by atoms with Gasteiger partial charge in [0.15, 0.2) is 0 Å². The van der Waals surface area contributed by atoms with E-state index in [1.807, 2.05) is 30.3 Å². The van der Waals surface area contributed by atoms with Crippen molar-refractivity contribution in [3.8, 4) is 5.88 Å². The number of nitrogens with zero attached hydrogens (tertiary/aromatic N) is 3. The molecular formula is C16H17N3O3. The second kappa shape index (κ2) is 6.89. The number of likely N-dealkylation sites (tertiary alicyclic amines) is 1. The molecule has 2 heterocycles. The summed E-state index contributed by atoms with van der Waals surface area (Å²) in [5.74, 6) is 0.527. The van der Waals surface area contributed by atoms with Gasteiger partial charge in [-0.05, 0) is 5.56 Å². The lowest BCUT2D eigenvalue weighted by atomic mass is 10.2. The van der Waals surface area contributed by atoms with Crippen LogP contribution in [0.25, 0.3) is 0 Å². The lowest BCUT2D eigenvalue weighted by Gasteiger charge is -2.16. The zero-order chi connectivity index (χ0) is 15.2. The number of carbonyl (C=O) groups is 1. The Kier molecular flexibility index (Phi) is 4.48. The molecule has 3 rings (SSSR count). The van der Waals surface area contributed by atoms with Crippen LogP contribution in [0.4, 0.5) is 4.79 Å². The van der Waals surface area contributed by atoms with Gasteiger partial charge >= 0.3 is 6.09 Å². The predicted molar refractivity (Wildman–Crippen MR) is 79.3 cm³/mol. The van der Waals surface area contributed by atoms with Crippen LogP contribution in [-0.4, -0.2) is 40.2 Å². The first-order valence-corrected chi connectivity index (χ1v) is 7.19. The Morgan fingerprint density at radius 1 is 1.27 bits per heavy atom. The predicted octanol–water partition coefficient (Wildman–Crippen LogP) is 2.27. The molecule has 1 atom stereocenters. The molecule has 1 fully saturated rings. The quantitative estimate of drug-likeness (QED) is 0.866. The fourth-order valence-corrected chi connectivity index (χ4v) is 2.32. The van der Waals surface area contributed by atoms with Gasteiger partial charge in [0.25, 0.3) is 0 Å². The summed E-state index contributed by atoms with van der Waals surface area (Å²) in [6.07, 6.45) is 3.47. The van der Waals surface area contributed by atoms with Gasteiger partial charge in [-0.25, -0.2) is 14.8 Å². The van der Waals surface area contributed by atoms with E-state index in [-0.39, 0.29) is 18.8 Å². The van der Waals surface area contributed by atoms with Crippen molar-refractivity contribution >= 4 is 6.09 Å². The molecule has 1 saturated heterocycles. The zero-order valence-electron chi connectivity index (χ0n) is 12.1. The molecule has 0 saturated carbocycles. The van der Waals surface area contributed by atoms with Crippen molar-refractivity contribution in [1.29, 1.82) is 0 Å². The Morgan fingerprint density at radius 2 is 2.14 bits per heavy atom. The van der Waals surface area contributed by atoms with Crippen LogP contribution in [0.3, 0.4) is 0 Å². The number of benzene rings is 1. The van der Waals surface area contributed by atoms with Crippen LogP contribution >= 0.6 is 0 Å². The Labute approximate surface area is 128 Å². The van der Waals surface area contributed by atoms with Gasteiger partial charge < -0.3 is 14.4 Å². The molecule has 1 aromatic carbocycles. The highest BCUT2D eigenvalue weighted by Gasteiger charge is 2.28. The van der Waals surface area contributed by atoms with Crippen molar-refractivity contribution in [2.75, 3.05) is 13.1 Å². The maximum Gasteiger partial charge on any atom is 0.410 e. The summed E-state index contributed by atoms with van der Waals surface area (Å²) >= 11 is 0. The van der Waals surface area contributed by atoms with E-state index >= 15 is 0 Å². The third kappa shape index (κ3) is 3.72. The SMILES string of the molecule is O=C(OCc1ccccc1)N1CC[C@@H](Oc2ccncn2)C1. The van der Waals surface area contributed by atoms with E-state index in [2.05, 4.69) is 9.97 Å². The summed E-state index contributed by atoms with van der Waals surface area (Å²) in [5, 5.41) is 0. The fourth-order valence-electron chi connectivity index (χ4n) is 2.32. The number of amides is 1. The van der Waals surface area contributed by atoms with Crippen molar-refractivity contribution in [3.05, 3.63) is 54.5 Å². The summed E-state index contributed by atoms with van der Waals surface area (Å²) in [5.41, 5.74) is 0.976. The molecule has 0 N–H and O–H groups in total. The van der Waals surface area contributed by atoms with Gasteiger partial charge in [-0.1, -0.05) is 30.3 Å². The summed E-state index contributed by atoms with van der Waals surface area (Å²) in [7, 11) is 0. The Balaban J connectivity index is 1.46. The largest absolute Gasteiger partial charge is 0.472 e. The van der Waals surface area contributed by atoms with E-state index < -0.39 is 0 Å². The lowest BCUT2D eigenvalue weighted by molar-refractivity contribution is 0.0988. The third-order valence-electron chi connectivity index (χ3n) is 3.45. The van der Waals surface area contributed by atoms with E-state index in [1.165, 1.54) is 6.33 Å². The molecule has 2 aromatic rings. The highest BCUT2D eigenvalue weighted by Crippen LogP contribution is 2.17. The van der Waals surface area contributed by atoms with Crippen molar-refractivity contribution in [2.45, 2.75) is 19.1 Å². The number of ether oxygens (including phenoxy) is 2. The average molecular weight is 299 g/mol. The maximum atomic E-state index is 12.0. The van der Waals surface area contributed by atoms with Crippen molar-refractivity contribution in [1.82, 2.24) is 14.9 Å². The number of aromatic nitrogens is 2. The molecule has 1 amide bonds. The Bertz CT molecular complexity index is 607.